The molecule has 6 nitrogen and oxygen atoms in total. The molecule has 1 aromatic carbocycles. The van der Waals surface area contributed by atoms with E-state index in [2.05, 4.69) is 10.1 Å². The fourth-order valence-electron chi connectivity index (χ4n) is 4.09. The summed E-state index contributed by atoms with van der Waals surface area (Å²) in [7, 11) is 0. The molecular formula is C23H22ClF4N5O. The van der Waals surface area contributed by atoms with E-state index in [9.17, 15) is 22.4 Å². The average Bonchev–Trinajstić information content (AvgIpc) is 2.94. The minimum atomic E-state index is -4.52. The number of halogens is 5. The van der Waals surface area contributed by atoms with Crippen LogP contribution in [0.5, 0.6) is 0 Å². The van der Waals surface area contributed by atoms with Crippen LogP contribution in [0.15, 0.2) is 36.5 Å². The number of carbonyl (C=O) groups excluding carboxylic acids is 1. The van der Waals surface area contributed by atoms with Gasteiger partial charge in [0, 0.05) is 32.4 Å². The first-order valence-electron chi connectivity index (χ1n) is 10.7. The minimum Gasteiger partial charge on any atom is -0.354 e. The zero-order valence-corrected chi connectivity index (χ0v) is 19.3. The van der Waals surface area contributed by atoms with Crippen LogP contribution in [-0.4, -0.2) is 51.8 Å². The van der Waals surface area contributed by atoms with Crippen molar-refractivity contribution in [3.05, 3.63) is 69.9 Å². The Hall–Kier alpha value is -3.14. The normalized spacial score (nSPS) is 14.9. The predicted molar refractivity (Wildman–Crippen MR) is 120 cm³/mol. The van der Waals surface area contributed by atoms with Crippen LogP contribution in [0.4, 0.5) is 23.4 Å². The Balaban J connectivity index is 1.52. The Morgan fingerprint density at radius 3 is 2.41 bits per heavy atom. The smallest absolute Gasteiger partial charge is 0.354 e. The molecule has 3 aromatic rings. The van der Waals surface area contributed by atoms with Gasteiger partial charge in [0.2, 0.25) is 0 Å². The van der Waals surface area contributed by atoms with Crippen molar-refractivity contribution >= 4 is 23.3 Å². The van der Waals surface area contributed by atoms with Crippen molar-refractivity contribution in [1.29, 1.82) is 0 Å². The lowest BCUT2D eigenvalue weighted by atomic mass is 10.1. The molecule has 1 amide bonds. The summed E-state index contributed by atoms with van der Waals surface area (Å²) in [5.74, 6) is -0.282. The molecule has 0 unspecified atom stereocenters. The third-order valence-corrected chi connectivity index (χ3v) is 6.09. The van der Waals surface area contributed by atoms with Crippen molar-refractivity contribution < 1.29 is 22.4 Å². The summed E-state index contributed by atoms with van der Waals surface area (Å²) in [6.07, 6.45) is -3.16. The van der Waals surface area contributed by atoms with Crippen LogP contribution in [0.2, 0.25) is 5.02 Å². The van der Waals surface area contributed by atoms with E-state index in [0.29, 0.717) is 55.2 Å². The van der Waals surface area contributed by atoms with Crippen LogP contribution < -0.4 is 4.90 Å². The number of aryl methyl sites for hydroxylation is 1. The summed E-state index contributed by atoms with van der Waals surface area (Å²) in [5, 5.41) is 4.39. The van der Waals surface area contributed by atoms with Crippen molar-refractivity contribution in [3.63, 3.8) is 0 Å². The van der Waals surface area contributed by atoms with Gasteiger partial charge in [-0.2, -0.15) is 18.3 Å². The van der Waals surface area contributed by atoms with Gasteiger partial charge >= 0.3 is 6.18 Å². The third kappa shape index (κ3) is 4.72. The molecule has 1 fully saturated rings. The number of hydrogen-bond acceptors (Lipinski definition) is 4. The van der Waals surface area contributed by atoms with Gasteiger partial charge in [-0.25, -0.2) is 14.1 Å². The van der Waals surface area contributed by atoms with E-state index < -0.39 is 11.7 Å². The number of carbonyl (C=O) groups is 1. The van der Waals surface area contributed by atoms with E-state index in [0.717, 1.165) is 12.3 Å². The molecule has 0 N–H and O–H groups in total. The lowest BCUT2D eigenvalue weighted by molar-refractivity contribution is -0.137. The van der Waals surface area contributed by atoms with Crippen molar-refractivity contribution in [3.8, 4) is 5.69 Å². The molecule has 0 aliphatic carbocycles. The molecule has 0 spiro atoms. The maximum absolute atomic E-state index is 13.4. The zero-order chi connectivity index (χ0) is 24.6. The summed E-state index contributed by atoms with van der Waals surface area (Å²) < 4.78 is 53.7. The largest absolute Gasteiger partial charge is 0.417 e. The second-order valence-corrected chi connectivity index (χ2v) is 8.50. The number of nitrogens with zero attached hydrogens (tertiary/aromatic N) is 5. The third-order valence-electron chi connectivity index (χ3n) is 5.81. The van der Waals surface area contributed by atoms with Crippen LogP contribution in [-0.2, 0) is 6.18 Å². The van der Waals surface area contributed by atoms with Crippen molar-refractivity contribution in [1.82, 2.24) is 19.7 Å². The molecule has 3 heterocycles. The molecule has 1 saturated heterocycles. The van der Waals surface area contributed by atoms with E-state index >= 15 is 0 Å². The summed E-state index contributed by atoms with van der Waals surface area (Å²) >= 11 is 6.11. The van der Waals surface area contributed by atoms with Crippen LogP contribution in [0.25, 0.3) is 5.69 Å². The number of amides is 1. The Morgan fingerprint density at radius 1 is 1.06 bits per heavy atom. The Labute approximate surface area is 198 Å². The van der Waals surface area contributed by atoms with Gasteiger partial charge in [-0.1, -0.05) is 11.6 Å². The highest BCUT2D eigenvalue weighted by Gasteiger charge is 2.32. The molecular weight excluding hydrogens is 474 g/mol. The molecule has 0 radical (unpaired) electrons. The highest BCUT2D eigenvalue weighted by Crippen LogP contribution is 2.34. The summed E-state index contributed by atoms with van der Waals surface area (Å²) in [6.45, 7) is 5.21. The lowest BCUT2D eigenvalue weighted by Crippen LogP contribution is -2.36. The van der Waals surface area contributed by atoms with Crippen LogP contribution >= 0.6 is 11.6 Å². The van der Waals surface area contributed by atoms with Crippen molar-refractivity contribution in [2.24, 2.45) is 0 Å². The number of alkyl halides is 3. The van der Waals surface area contributed by atoms with Gasteiger partial charge in [0.1, 0.15) is 11.6 Å². The minimum absolute atomic E-state index is 0.0816. The Bertz CT molecular complexity index is 1210. The van der Waals surface area contributed by atoms with E-state index in [1.54, 1.807) is 40.5 Å². The quantitative estimate of drug-likeness (QED) is 0.477. The molecule has 0 bridgehead atoms. The molecule has 0 atom stereocenters. The molecule has 1 aliphatic heterocycles. The maximum Gasteiger partial charge on any atom is 0.417 e. The summed E-state index contributed by atoms with van der Waals surface area (Å²) in [4.78, 5) is 20.8. The Kier molecular flexibility index (Phi) is 6.53. The van der Waals surface area contributed by atoms with Gasteiger partial charge in [0.25, 0.3) is 5.91 Å². The predicted octanol–water partition coefficient (Wildman–Crippen LogP) is 5.05. The molecule has 2 aromatic heterocycles. The Morgan fingerprint density at radius 2 is 1.76 bits per heavy atom. The molecule has 34 heavy (non-hydrogen) atoms. The maximum atomic E-state index is 13.4. The lowest BCUT2D eigenvalue weighted by Gasteiger charge is -2.24. The number of aromatic nitrogens is 3. The SMILES string of the molecule is Cc1nn(-c2ccc(F)cc2)c(C)c1C(=O)N1CCCN(c2ncc(C(F)(F)F)cc2Cl)CC1. The second kappa shape index (κ2) is 9.25. The fraction of sp³-hybridized carbons (Fsp3) is 0.348. The molecule has 180 valence electrons. The van der Waals surface area contributed by atoms with Crippen LogP contribution in [0.1, 0.15) is 33.7 Å². The van der Waals surface area contributed by atoms with Crippen molar-refractivity contribution in [2.75, 3.05) is 31.1 Å². The van der Waals surface area contributed by atoms with E-state index in [1.807, 2.05) is 0 Å². The van der Waals surface area contributed by atoms with Crippen LogP contribution in [0.3, 0.4) is 0 Å². The number of hydrogen-bond donors (Lipinski definition) is 0. The van der Waals surface area contributed by atoms with Gasteiger partial charge in [0.15, 0.2) is 0 Å². The number of pyridine rings is 1. The standard InChI is InChI=1S/C23H22ClF4N5O/c1-14-20(15(2)33(30-14)18-6-4-17(25)5-7-18)22(34)32-9-3-8-31(10-11-32)21-19(24)12-16(13-29-21)23(26,27)28/h4-7,12-13H,3,8-11H2,1-2H3. The second-order valence-electron chi connectivity index (χ2n) is 8.09. The molecule has 11 heteroatoms. The van der Waals surface area contributed by atoms with E-state index in [-0.39, 0.29) is 22.6 Å². The van der Waals surface area contributed by atoms with Gasteiger partial charge in [0.05, 0.1) is 33.2 Å². The van der Waals surface area contributed by atoms with Crippen LogP contribution in [0, 0.1) is 19.7 Å². The average molecular weight is 496 g/mol. The van der Waals surface area contributed by atoms with Gasteiger partial charge in [-0.15, -0.1) is 0 Å². The van der Waals surface area contributed by atoms with Crippen molar-refractivity contribution in [2.45, 2.75) is 26.4 Å². The van der Waals surface area contributed by atoms with Gasteiger partial charge in [-0.3, -0.25) is 4.79 Å². The first-order valence-corrected chi connectivity index (χ1v) is 11.0. The van der Waals surface area contributed by atoms with Gasteiger partial charge < -0.3 is 9.80 Å². The topological polar surface area (TPSA) is 54.3 Å². The fourth-order valence-corrected chi connectivity index (χ4v) is 4.38. The highest BCUT2D eigenvalue weighted by atomic mass is 35.5. The number of benzene rings is 1. The van der Waals surface area contributed by atoms with E-state index in [4.69, 9.17) is 11.6 Å². The summed E-state index contributed by atoms with van der Waals surface area (Å²) in [6, 6.07) is 6.71. The highest BCUT2D eigenvalue weighted by molar-refractivity contribution is 6.33. The van der Waals surface area contributed by atoms with Gasteiger partial charge in [-0.05, 0) is 50.6 Å². The molecule has 1 aliphatic rings. The zero-order valence-electron chi connectivity index (χ0n) is 18.5. The van der Waals surface area contributed by atoms with E-state index in [1.165, 1.54) is 12.1 Å². The first kappa shape index (κ1) is 24.0. The number of anilines is 1. The first-order chi connectivity index (χ1) is 16.1. The molecule has 4 rings (SSSR count). The number of rotatable bonds is 3. The monoisotopic (exact) mass is 495 g/mol. The molecule has 0 saturated carbocycles. The summed E-state index contributed by atoms with van der Waals surface area (Å²) in [5.41, 5.74) is 1.41.